The van der Waals surface area contributed by atoms with Crippen LogP contribution in [0, 0.1) is 11.3 Å². The van der Waals surface area contributed by atoms with Crippen LogP contribution in [0.2, 0.25) is 0 Å². The molecular weight excluding hydrogens is 422 g/mol. The minimum atomic E-state index is 0.254. The SMILES string of the molecule is N#Cc1ccc2[nH]cc(CCCCN3CCN(c4ccc(N5CCCCC5=O)cc4)CC3)c2c1. The van der Waals surface area contributed by atoms with E-state index in [1.807, 2.05) is 23.1 Å². The number of hydrogen-bond donors (Lipinski definition) is 1. The third kappa shape index (κ3) is 4.95. The van der Waals surface area contributed by atoms with Gasteiger partial charge in [-0.15, -0.1) is 0 Å². The lowest BCUT2D eigenvalue weighted by molar-refractivity contribution is -0.119. The lowest BCUT2D eigenvalue weighted by atomic mass is 10.1. The number of piperazine rings is 1. The van der Waals surface area contributed by atoms with Gasteiger partial charge in [-0.1, -0.05) is 0 Å². The Bertz CT molecular complexity index is 1170. The summed E-state index contributed by atoms with van der Waals surface area (Å²) in [5.41, 5.74) is 5.43. The van der Waals surface area contributed by atoms with Crippen molar-refractivity contribution in [3.05, 3.63) is 59.8 Å². The number of aryl methyl sites for hydroxylation is 1. The monoisotopic (exact) mass is 455 g/mol. The summed E-state index contributed by atoms with van der Waals surface area (Å²) >= 11 is 0. The van der Waals surface area contributed by atoms with Crippen molar-refractivity contribution in [3.8, 4) is 6.07 Å². The number of nitriles is 1. The minimum Gasteiger partial charge on any atom is -0.369 e. The van der Waals surface area contributed by atoms with E-state index in [1.165, 1.54) is 23.1 Å². The molecule has 2 aliphatic rings. The summed E-state index contributed by atoms with van der Waals surface area (Å²) in [6, 6.07) is 16.7. The molecule has 0 atom stereocenters. The molecule has 1 aromatic heterocycles. The molecule has 0 unspecified atom stereocenters. The number of piperidine rings is 1. The van der Waals surface area contributed by atoms with Gasteiger partial charge in [0.1, 0.15) is 0 Å². The zero-order valence-corrected chi connectivity index (χ0v) is 19.8. The van der Waals surface area contributed by atoms with Crippen LogP contribution >= 0.6 is 0 Å². The van der Waals surface area contributed by atoms with E-state index >= 15 is 0 Å². The summed E-state index contributed by atoms with van der Waals surface area (Å²) < 4.78 is 0. The summed E-state index contributed by atoms with van der Waals surface area (Å²) in [7, 11) is 0. The van der Waals surface area contributed by atoms with E-state index in [4.69, 9.17) is 5.26 Å². The molecule has 1 amide bonds. The second kappa shape index (κ2) is 10.3. The van der Waals surface area contributed by atoms with E-state index in [9.17, 15) is 4.79 Å². The number of hydrogen-bond acceptors (Lipinski definition) is 4. The number of benzene rings is 2. The molecule has 5 rings (SSSR count). The number of amides is 1. The van der Waals surface area contributed by atoms with Gasteiger partial charge in [-0.3, -0.25) is 9.69 Å². The van der Waals surface area contributed by atoms with Crippen LogP contribution in [0.5, 0.6) is 0 Å². The van der Waals surface area contributed by atoms with E-state index in [0.717, 1.165) is 81.7 Å². The van der Waals surface area contributed by atoms with Gasteiger partial charge in [0.05, 0.1) is 11.6 Å². The maximum atomic E-state index is 12.2. The maximum absolute atomic E-state index is 12.2. The van der Waals surface area contributed by atoms with Crippen LogP contribution in [0.25, 0.3) is 10.9 Å². The molecular formula is C28H33N5O. The lowest BCUT2D eigenvalue weighted by Crippen LogP contribution is -2.46. The molecule has 2 saturated heterocycles. The summed E-state index contributed by atoms with van der Waals surface area (Å²) in [5, 5.41) is 10.4. The van der Waals surface area contributed by atoms with Crippen molar-refractivity contribution in [2.75, 3.05) is 49.1 Å². The van der Waals surface area contributed by atoms with Crippen molar-refractivity contribution in [1.82, 2.24) is 9.88 Å². The maximum Gasteiger partial charge on any atom is 0.226 e. The van der Waals surface area contributed by atoms with Crippen LogP contribution in [-0.4, -0.2) is 55.1 Å². The first-order valence-corrected chi connectivity index (χ1v) is 12.6. The number of nitrogens with one attached hydrogen (secondary N) is 1. The summed E-state index contributed by atoms with van der Waals surface area (Å²) in [6.07, 6.45) is 8.26. The first kappa shape index (κ1) is 22.5. The summed E-state index contributed by atoms with van der Waals surface area (Å²) in [6.45, 7) is 6.24. The smallest absolute Gasteiger partial charge is 0.226 e. The lowest BCUT2D eigenvalue weighted by Gasteiger charge is -2.36. The highest BCUT2D eigenvalue weighted by Crippen LogP contribution is 2.25. The van der Waals surface area contributed by atoms with Gasteiger partial charge in [-0.2, -0.15) is 5.26 Å². The van der Waals surface area contributed by atoms with Crippen LogP contribution in [-0.2, 0) is 11.2 Å². The van der Waals surface area contributed by atoms with Gasteiger partial charge in [-0.25, -0.2) is 0 Å². The van der Waals surface area contributed by atoms with Crippen LogP contribution in [0.4, 0.5) is 11.4 Å². The Morgan fingerprint density at radius 3 is 2.47 bits per heavy atom. The van der Waals surface area contributed by atoms with Crippen molar-refractivity contribution < 1.29 is 4.79 Å². The normalized spacial score (nSPS) is 17.3. The van der Waals surface area contributed by atoms with Crippen LogP contribution in [0.1, 0.15) is 43.2 Å². The van der Waals surface area contributed by atoms with Crippen molar-refractivity contribution in [2.24, 2.45) is 0 Å². The quantitative estimate of drug-likeness (QED) is 0.525. The summed E-state index contributed by atoms with van der Waals surface area (Å²) in [4.78, 5) is 22.5. The van der Waals surface area contributed by atoms with E-state index in [0.29, 0.717) is 6.42 Å². The third-order valence-corrected chi connectivity index (χ3v) is 7.29. The van der Waals surface area contributed by atoms with Crippen molar-refractivity contribution >= 4 is 28.2 Å². The number of H-pyrrole nitrogens is 1. The Morgan fingerprint density at radius 1 is 0.912 bits per heavy atom. The predicted molar refractivity (Wildman–Crippen MR) is 137 cm³/mol. The average Bonchev–Trinajstić information content (AvgIpc) is 3.29. The fourth-order valence-corrected chi connectivity index (χ4v) is 5.26. The Kier molecular flexibility index (Phi) is 6.82. The number of aromatic amines is 1. The van der Waals surface area contributed by atoms with Crippen LogP contribution < -0.4 is 9.80 Å². The van der Waals surface area contributed by atoms with Crippen LogP contribution in [0.3, 0.4) is 0 Å². The van der Waals surface area contributed by atoms with Gasteiger partial charge in [0, 0.05) is 67.6 Å². The van der Waals surface area contributed by atoms with Gasteiger partial charge >= 0.3 is 0 Å². The Hall–Kier alpha value is -3.30. The van der Waals surface area contributed by atoms with Gasteiger partial charge in [-0.05, 0) is 86.7 Å². The van der Waals surface area contributed by atoms with Gasteiger partial charge in [0.2, 0.25) is 5.91 Å². The number of rotatable bonds is 7. The van der Waals surface area contributed by atoms with Crippen LogP contribution in [0.15, 0.2) is 48.7 Å². The highest BCUT2D eigenvalue weighted by Gasteiger charge is 2.21. The second-order valence-electron chi connectivity index (χ2n) is 9.49. The Balaban J connectivity index is 1.06. The van der Waals surface area contributed by atoms with E-state index < -0.39 is 0 Å². The standard InChI is InChI=1S/C28H33N5O/c29-20-22-7-12-27-26(19-22)23(21-30-27)5-1-3-13-31-15-17-32(18-16-31)24-8-10-25(11-9-24)33-14-4-2-6-28(33)34/h7-12,19,21,30H,1-6,13-18H2. The average molecular weight is 456 g/mol. The van der Waals surface area contributed by atoms with E-state index in [1.54, 1.807) is 0 Å². The third-order valence-electron chi connectivity index (χ3n) is 7.29. The molecule has 3 aromatic rings. The molecule has 2 aromatic carbocycles. The Labute approximate surface area is 201 Å². The number of unbranched alkanes of at least 4 members (excludes halogenated alkanes) is 1. The van der Waals surface area contributed by atoms with Crippen molar-refractivity contribution in [1.29, 1.82) is 5.26 Å². The van der Waals surface area contributed by atoms with Gasteiger partial charge in [0.15, 0.2) is 0 Å². The summed E-state index contributed by atoms with van der Waals surface area (Å²) in [5.74, 6) is 0.254. The number of nitrogens with zero attached hydrogens (tertiary/aromatic N) is 4. The molecule has 176 valence electrons. The molecule has 0 saturated carbocycles. The first-order chi connectivity index (χ1) is 16.7. The van der Waals surface area contributed by atoms with Crippen molar-refractivity contribution in [2.45, 2.75) is 38.5 Å². The van der Waals surface area contributed by atoms with Gasteiger partial charge < -0.3 is 14.8 Å². The largest absolute Gasteiger partial charge is 0.369 e. The molecule has 2 fully saturated rings. The number of anilines is 2. The molecule has 1 N–H and O–H groups in total. The minimum absolute atomic E-state index is 0.254. The van der Waals surface area contributed by atoms with Gasteiger partial charge in [0.25, 0.3) is 0 Å². The number of carbonyl (C=O) groups is 1. The fourth-order valence-electron chi connectivity index (χ4n) is 5.26. The Morgan fingerprint density at radius 2 is 1.71 bits per heavy atom. The molecule has 0 bridgehead atoms. The second-order valence-corrected chi connectivity index (χ2v) is 9.49. The molecule has 0 radical (unpaired) electrons. The molecule has 2 aliphatic heterocycles. The molecule has 0 spiro atoms. The molecule has 0 aliphatic carbocycles. The zero-order chi connectivity index (χ0) is 23.3. The molecule has 6 heteroatoms. The number of fused-ring (bicyclic) bond motifs is 1. The molecule has 3 heterocycles. The number of aromatic nitrogens is 1. The zero-order valence-electron chi connectivity index (χ0n) is 19.8. The fraction of sp³-hybridized carbons (Fsp3) is 0.429. The van der Waals surface area contributed by atoms with E-state index in [-0.39, 0.29) is 5.91 Å². The van der Waals surface area contributed by atoms with Crippen molar-refractivity contribution in [3.63, 3.8) is 0 Å². The topological polar surface area (TPSA) is 66.4 Å². The molecule has 34 heavy (non-hydrogen) atoms. The molecule has 6 nitrogen and oxygen atoms in total. The number of carbonyl (C=O) groups excluding carboxylic acids is 1. The highest BCUT2D eigenvalue weighted by atomic mass is 16.2. The first-order valence-electron chi connectivity index (χ1n) is 12.6. The predicted octanol–water partition coefficient (Wildman–Crippen LogP) is 4.70. The highest BCUT2D eigenvalue weighted by molar-refractivity contribution is 5.94. The van der Waals surface area contributed by atoms with E-state index in [2.05, 4.69) is 51.3 Å².